The van der Waals surface area contributed by atoms with Crippen molar-refractivity contribution in [2.45, 2.75) is 25.5 Å². The Morgan fingerprint density at radius 3 is 2.81 bits per heavy atom. The van der Waals surface area contributed by atoms with Crippen molar-refractivity contribution in [3.63, 3.8) is 0 Å². The SMILES string of the molecule is N#Cc1c(Cl)nsc1N[C@@H]1CCCN(c2ccc(OC(F)F)cc2)C1=O. The highest BCUT2D eigenvalue weighted by Crippen LogP contribution is 2.31. The van der Waals surface area contributed by atoms with Gasteiger partial charge in [0.15, 0.2) is 5.15 Å². The van der Waals surface area contributed by atoms with E-state index in [-0.39, 0.29) is 22.4 Å². The fourth-order valence-corrected chi connectivity index (χ4v) is 3.69. The number of nitrogens with zero attached hydrogens (tertiary/aromatic N) is 3. The molecule has 1 aromatic heterocycles. The van der Waals surface area contributed by atoms with Crippen LogP contribution >= 0.6 is 23.1 Å². The van der Waals surface area contributed by atoms with Crippen molar-refractivity contribution in [2.75, 3.05) is 16.8 Å². The predicted octanol–water partition coefficient (Wildman–Crippen LogP) is 3.88. The van der Waals surface area contributed by atoms with E-state index in [0.717, 1.165) is 18.0 Å². The number of alkyl halides is 2. The zero-order valence-electron chi connectivity index (χ0n) is 13.3. The van der Waals surface area contributed by atoms with Crippen LogP contribution in [0.1, 0.15) is 18.4 Å². The summed E-state index contributed by atoms with van der Waals surface area (Å²) in [7, 11) is 0. The number of halogens is 3. The van der Waals surface area contributed by atoms with Crippen molar-refractivity contribution in [3.05, 3.63) is 35.0 Å². The summed E-state index contributed by atoms with van der Waals surface area (Å²) in [6.45, 7) is -2.38. The van der Waals surface area contributed by atoms with Crippen molar-refractivity contribution in [2.24, 2.45) is 0 Å². The maximum absolute atomic E-state index is 12.8. The molecule has 6 nitrogen and oxygen atoms in total. The van der Waals surface area contributed by atoms with Crippen LogP contribution in [0.25, 0.3) is 0 Å². The van der Waals surface area contributed by atoms with Crippen molar-refractivity contribution < 1.29 is 18.3 Å². The summed E-state index contributed by atoms with van der Waals surface area (Å²) in [6.07, 6.45) is 1.34. The molecule has 1 fully saturated rings. The molecule has 0 bridgehead atoms. The van der Waals surface area contributed by atoms with Crippen LogP contribution in [0.3, 0.4) is 0 Å². The Bertz CT molecular complexity index is 838. The molecule has 1 N–H and O–H groups in total. The molecule has 3 rings (SSSR count). The molecule has 1 aliphatic rings. The molecule has 136 valence electrons. The summed E-state index contributed by atoms with van der Waals surface area (Å²) in [4.78, 5) is 14.4. The number of benzene rings is 1. The van der Waals surface area contributed by atoms with Gasteiger partial charge in [0, 0.05) is 12.2 Å². The lowest BCUT2D eigenvalue weighted by Gasteiger charge is -2.32. The Labute approximate surface area is 157 Å². The maximum atomic E-state index is 12.8. The van der Waals surface area contributed by atoms with Crippen molar-refractivity contribution >= 4 is 39.7 Å². The first-order valence-electron chi connectivity index (χ1n) is 7.67. The molecule has 1 aromatic carbocycles. The summed E-state index contributed by atoms with van der Waals surface area (Å²) in [5.41, 5.74) is 0.807. The quantitative estimate of drug-likeness (QED) is 0.827. The van der Waals surface area contributed by atoms with Crippen molar-refractivity contribution in [3.8, 4) is 11.8 Å². The van der Waals surface area contributed by atoms with Crippen LogP contribution in [0.2, 0.25) is 5.15 Å². The summed E-state index contributed by atoms with van der Waals surface area (Å²) in [6, 6.07) is 7.34. The molecule has 1 amide bonds. The second-order valence-corrected chi connectivity index (χ2v) is 6.62. The molecule has 10 heteroatoms. The van der Waals surface area contributed by atoms with Gasteiger partial charge in [-0.15, -0.1) is 0 Å². The Kier molecular flexibility index (Phi) is 5.54. The molecular formula is C16H13ClF2N4O2S. The first-order chi connectivity index (χ1) is 12.5. The topological polar surface area (TPSA) is 78.2 Å². The van der Waals surface area contributed by atoms with Crippen LogP contribution in [-0.4, -0.2) is 29.5 Å². The number of nitriles is 1. The van der Waals surface area contributed by atoms with Crippen LogP contribution < -0.4 is 15.0 Å². The Morgan fingerprint density at radius 2 is 2.15 bits per heavy atom. The molecule has 1 saturated heterocycles. The number of nitrogens with one attached hydrogen (secondary N) is 1. The number of carbonyl (C=O) groups excluding carboxylic acids is 1. The van der Waals surface area contributed by atoms with E-state index in [1.165, 1.54) is 12.1 Å². The van der Waals surface area contributed by atoms with Gasteiger partial charge in [-0.3, -0.25) is 4.79 Å². The number of amides is 1. The average Bonchev–Trinajstić information content (AvgIpc) is 2.96. The van der Waals surface area contributed by atoms with Crippen LogP contribution in [0, 0.1) is 11.3 Å². The minimum Gasteiger partial charge on any atom is -0.435 e. The summed E-state index contributed by atoms with van der Waals surface area (Å²) < 4.78 is 32.7. The lowest BCUT2D eigenvalue weighted by atomic mass is 10.0. The fraction of sp³-hybridized carbons (Fsp3) is 0.312. The number of anilines is 2. The second-order valence-electron chi connectivity index (χ2n) is 5.49. The molecule has 2 aromatic rings. The van der Waals surface area contributed by atoms with Gasteiger partial charge in [0.1, 0.15) is 28.4 Å². The van der Waals surface area contributed by atoms with Gasteiger partial charge in [0.25, 0.3) is 0 Å². The Morgan fingerprint density at radius 1 is 1.42 bits per heavy atom. The van der Waals surface area contributed by atoms with Gasteiger partial charge in [-0.25, -0.2) is 0 Å². The van der Waals surface area contributed by atoms with E-state index in [1.54, 1.807) is 17.0 Å². The van der Waals surface area contributed by atoms with Gasteiger partial charge in [0.05, 0.1) is 0 Å². The van der Waals surface area contributed by atoms with Gasteiger partial charge in [-0.1, -0.05) is 11.6 Å². The van der Waals surface area contributed by atoms with Crippen LogP contribution in [0.4, 0.5) is 19.5 Å². The van der Waals surface area contributed by atoms with Gasteiger partial charge in [0.2, 0.25) is 5.91 Å². The first kappa shape index (κ1) is 18.4. The Balaban J connectivity index is 1.74. The van der Waals surface area contributed by atoms with Gasteiger partial charge < -0.3 is 15.0 Å². The highest BCUT2D eigenvalue weighted by atomic mass is 35.5. The summed E-state index contributed by atoms with van der Waals surface area (Å²) in [5.74, 6) is -0.145. The molecule has 26 heavy (non-hydrogen) atoms. The number of hydrogen-bond acceptors (Lipinski definition) is 6. The van der Waals surface area contributed by atoms with E-state index in [1.807, 2.05) is 6.07 Å². The molecule has 1 aliphatic heterocycles. The monoisotopic (exact) mass is 398 g/mol. The minimum atomic E-state index is -2.90. The third kappa shape index (κ3) is 3.86. The van der Waals surface area contributed by atoms with E-state index in [4.69, 9.17) is 16.9 Å². The van der Waals surface area contributed by atoms with Crippen LogP contribution in [-0.2, 0) is 4.79 Å². The maximum Gasteiger partial charge on any atom is 0.387 e. The summed E-state index contributed by atoms with van der Waals surface area (Å²) in [5, 5.41) is 12.7. The number of piperidine rings is 1. The number of aromatic nitrogens is 1. The highest BCUT2D eigenvalue weighted by Gasteiger charge is 2.31. The lowest BCUT2D eigenvalue weighted by Crippen LogP contribution is -2.47. The molecule has 0 radical (unpaired) electrons. The number of carbonyl (C=O) groups is 1. The van der Waals surface area contributed by atoms with Crippen LogP contribution in [0.5, 0.6) is 5.75 Å². The van der Waals surface area contributed by atoms with Gasteiger partial charge >= 0.3 is 6.61 Å². The number of rotatable bonds is 5. The zero-order chi connectivity index (χ0) is 18.7. The third-order valence-corrected chi connectivity index (χ3v) is 5.03. The van der Waals surface area contributed by atoms with E-state index in [9.17, 15) is 13.6 Å². The molecule has 0 spiro atoms. The molecular weight excluding hydrogens is 386 g/mol. The second kappa shape index (κ2) is 7.85. The standard InChI is InChI=1S/C16H13ClF2N4O2S/c17-13-11(8-20)14(26-22-13)21-12-2-1-7-23(15(12)24)9-3-5-10(6-4-9)25-16(18)19/h3-6,12,16,21H,1-2,7H2/t12-/m1/s1. The van der Waals surface area contributed by atoms with E-state index < -0.39 is 12.7 Å². The minimum absolute atomic E-state index is 0.0286. The lowest BCUT2D eigenvalue weighted by molar-refractivity contribution is -0.120. The van der Waals surface area contributed by atoms with Crippen molar-refractivity contribution in [1.29, 1.82) is 5.26 Å². The molecule has 0 saturated carbocycles. The van der Waals surface area contributed by atoms with Crippen LogP contribution in [0.15, 0.2) is 24.3 Å². The Hall–Kier alpha value is -2.44. The zero-order valence-corrected chi connectivity index (χ0v) is 14.9. The van der Waals surface area contributed by atoms with E-state index in [0.29, 0.717) is 23.7 Å². The summed E-state index contributed by atoms with van der Waals surface area (Å²) >= 11 is 6.88. The average molecular weight is 399 g/mol. The fourth-order valence-electron chi connectivity index (χ4n) is 2.70. The van der Waals surface area contributed by atoms with E-state index in [2.05, 4.69) is 14.4 Å². The van der Waals surface area contributed by atoms with Gasteiger partial charge in [-0.05, 0) is 48.6 Å². The number of hydrogen-bond donors (Lipinski definition) is 1. The third-order valence-electron chi connectivity index (χ3n) is 3.88. The first-order valence-corrected chi connectivity index (χ1v) is 8.83. The molecule has 0 unspecified atom stereocenters. The molecule has 2 heterocycles. The van der Waals surface area contributed by atoms with Crippen molar-refractivity contribution in [1.82, 2.24) is 4.37 Å². The normalized spacial score (nSPS) is 17.3. The highest BCUT2D eigenvalue weighted by molar-refractivity contribution is 7.10. The molecule has 0 aliphatic carbocycles. The largest absolute Gasteiger partial charge is 0.435 e. The predicted molar refractivity (Wildman–Crippen MR) is 93.9 cm³/mol. The van der Waals surface area contributed by atoms with E-state index >= 15 is 0 Å². The number of ether oxygens (including phenoxy) is 1. The smallest absolute Gasteiger partial charge is 0.387 e. The molecule has 1 atom stereocenters. The van der Waals surface area contributed by atoms with Gasteiger partial charge in [-0.2, -0.15) is 18.4 Å².